The number of nitro benzene ring substituents is 1. The van der Waals surface area contributed by atoms with Gasteiger partial charge in [-0.3, -0.25) is 19.7 Å². The molecule has 1 saturated carbocycles. The van der Waals surface area contributed by atoms with Gasteiger partial charge in [-0.25, -0.2) is 0 Å². The summed E-state index contributed by atoms with van der Waals surface area (Å²) in [6.45, 7) is -0.166. The van der Waals surface area contributed by atoms with Crippen LogP contribution < -0.4 is 9.47 Å². The second-order valence-corrected chi connectivity index (χ2v) is 7.05. The summed E-state index contributed by atoms with van der Waals surface area (Å²) in [6.07, 6.45) is 11.2. The van der Waals surface area contributed by atoms with Crippen LogP contribution in [0.25, 0.3) is 0 Å². The molecular weight excluding hydrogens is 378 g/mol. The van der Waals surface area contributed by atoms with Gasteiger partial charge in [-0.15, -0.1) is 6.42 Å². The molecule has 0 aromatic heterocycles. The molecule has 0 radical (unpaired) electrons. The lowest BCUT2D eigenvalue weighted by atomic mass is 9.85. The van der Waals surface area contributed by atoms with E-state index in [1.165, 1.54) is 25.5 Å². The summed E-state index contributed by atoms with van der Waals surface area (Å²) < 4.78 is 10.4. The van der Waals surface area contributed by atoms with E-state index in [-0.39, 0.29) is 64.8 Å². The Kier molecular flexibility index (Phi) is 4.54. The van der Waals surface area contributed by atoms with Gasteiger partial charge in [-0.2, -0.15) is 10.1 Å². The van der Waals surface area contributed by atoms with Crippen LogP contribution in [0, 0.1) is 46.1 Å². The number of fused-ring (bicyclic) bond motifs is 5. The van der Waals surface area contributed by atoms with Gasteiger partial charge in [0.2, 0.25) is 5.75 Å². The standard InChI is InChI=1S/C20H17N3O6/c1-3-6-29-18-14(23(26)27)7-11(8-15(18)28-2)10-21-22-19(24)16-12-4-5-13(9-12)17(16)20(22)25/h1,4-5,7-8,10,12-13,16-17H,6,9H2,2H3. The molecule has 29 heavy (non-hydrogen) atoms. The molecule has 9 nitrogen and oxygen atoms in total. The first-order chi connectivity index (χ1) is 14.0. The van der Waals surface area contributed by atoms with E-state index in [9.17, 15) is 19.7 Å². The number of benzene rings is 1. The first-order valence-corrected chi connectivity index (χ1v) is 8.99. The minimum Gasteiger partial charge on any atom is -0.493 e. The zero-order chi connectivity index (χ0) is 20.7. The van der Waals surface area contributed by atoms with Gasteiger partial charge in [0.25, 0.3) is 11.8 Å². The van der Waals surface area contributed by atoms with E-state index in [0.29, 0.717) is 0 Å². The predicted octanol–water partition coefficient (Wildman–Crippen LogP) is 1.76. The number of amides is 2. The van der Waals surface area contributed by atoms with Crippen molar-refractivity contribution in [2.75, 3.05) is 13.7 Å². The van der Waals surface area contributed by atoms with E-state index in [1.54, 1.807) is 0 Å². The second kappa shape index (κ2) is 7.05. The van der Waals surface area contributed by atoms with Gasteiger partial charge in [0.15, 0.2) is 5.75 Å². The molecule has 1 aromatic carbocycles. The van der Waals surface area contributed by atoms with Crippen molar-refractivity contribution >= 4 is 23.7 Å². The van der Waals surface area contributed by atoms with Crippen molar-refractivity contribution in [2.24, 2.45) is 28.8 Å². The number of hydrogen-bond acceptors (Lipinski definition) is 7. The van der Waals surface area contributed by atoms with Crippen molar-refractivity contribution in [1.82, 2.24) is 5.01 Å². The highest BCUT2D eigenvalue weighted by Crippen LogP contribution is 2.52. The second-order valence-electron chi connectivity index (χ2n) is 7.05. The number of terminal acetylenes is 1. The number of ether oxygens (including phenoxy) is 2. The van der Waals surface area contributed by atoms with Crippen LogP contribution in [0.15, 0.2) is 29.4 Å². The number of allylic oxidation sites excluding steroid dienone is 2. The fraction of sp³-hybridized carbons (Fsp3) is 0.350. The minimum absolute atomic E-state index is 0.0791. The highest BCUT2D eigenvalue weighted by molar-refractivity contribution is 6.06. The number of nitro groups is 1. The Labute approximate surface area is 166 Å². The molecule has 2 fully saturated rings. The summed E-state index contributed by atoms with van der Waals surface area (Å²) in [5, 5.41) is 16.3. The molecule has 0 N–H and O–H groups in total. The molecule has 2 bridgehead atoms. The quantitative estimate of drug-likeness (QED) is 0.181. The van der Waals surface area contributed by atoms with E-state index in [1.807, 2.05) is 12.2 Å². The Morgan fingerprint density at radius 2 is 1.97 bits per heavy atom. The van der Waals surface area contributed by atoms with Crippen molar-refractivity contribution in [2.45, 2.75) is 6.42 Å². The van der Waals surface area contributed by atoms with Gasteiger partial charge in [-0.05, 0) is 24.3 Å². The number of carbonyl (C=O) groups is 2. The average molecular weight is 395 g/mol. The maximum atomic E-state index is 12.7. The van der Waals surface area contributed by atoms with Gasteiger partial charge < -0.3 is 9.47 Å². The molecule has 1 aromatic rings. The number of methoxy groups -OCH3 is 1. The normalized spacial score (nSPS) is 26.8. The number of carbonyl (C=O) groups excluding carboxylic acids is 2. The molecule has 2 amide bonds. The van der Waals surface area contributed by atoms with Crippen molar-refractivity contribution in [3.8, 4) is 23.8 Å². The van der Waals surface area contributed by atoms with Gasteiger partial charge in [0.05, 0.1) is 30.1 Å². The number of rotatable bonds is 6. The number of imide groups is 1. The Balaban J connectivity index is 1.63. The van der Waals surface area contributed by atoms with Gasteiger partial charge in [0.1, 0.15) is 6.61 Å². The van der Waals surface area contributed by atoms with Crippen molar-refractivity contribution in [3.05, 3.63) is 40.0 Å². The molecule has 3 aliphatic rings. The van der Waals surface area contributed by atoms with Crippen LogP contribution in [0.3, 0.4) is 0 Å². The molecule has 2 aliphatic carbocycles. The molecule has 1 heterocycles. The maximum Gasteiger partial charge on any atom is 0.315 e. The van der Waals surface area contributed by atoms with Crippen LogP contribution in [0.2, 0.25) is 0 Å². The summed E-state index contributed by atoms with van der Waals surface area (Å²) in [6, 6.07) is 2.68. The molecule has 148 valence electrons. The molecular formula is C20H17N3O6. The summed E-state index contributed by atoms with van der Waals surface area (Å²) in [5.41, 5.74) is -0.0837. The topological polar surface area (TPSA) is 111 Å². The summed E-state index contributed by atoms with van der Waals surface area (Å²) in [7, 11) is 1.33. The minimum atomic E-state index is -0.633. The molecule has 4 unspecified atom stereocenters. The van der Waals surface area contributed by atoms with Gasteiger partial charge in [0, 0.05) is 11.6 Å². The molecule has 1 aliphatic heterocycles. The third-order valence-electron chi connectivity index (χ3n) is 5.54. The Bertz CT molecular complexity index is 978. The number of hydrazone groups is 1. The van der Waals surface area contributed by atoms with E-state index < -0.39 is 4.92 Å². The van der Waals surface area contributed by atoms with Crippen LogP contribution in [-0.4, -0.2) is 41.7 Å². The van der Waals surface area contributed by atoms with Crippen molar-refractivity contribution < 1.29 is 24.0 Å². The van der Waals surface area contributed by atoms with E-state index in [2.05, 4.69) is 11.0 Å². The SMILES string of the molecule is C#CCOc1c(OC)cc(C=NN2C(=O)C3C4C=CC(C4)C3C2=O)cc1[N+](=O)[O-]. The number of nitrogens with zero attached hydrogens (tertiary/aromatic N) is 3. The Hall–Kier alpha value is -3.67. The fourth-order valence-electron chi connectivity index (χ4n) is 4.35. The molecule has 0 spiro atoms. The summed E-state index contributed by atoms with van der Waals surface area (Å²) in [4.78, 5) is 36.1. The monoisotopic (exact) mass is 395 g/mol. The van der Waals surface area contributed by atoms with E-state index in [4.69, 9.17) is 15.9 Å². The fourth-order valence-corrected chi connectivity index (χ4v) is 4.35. The number of hydrogen-bond donors (Lipinski definition) is 0. The smallest absolute Gasteiger partial charge is 0.315 e. The lowest BCUT2D eigenvalue weighted by Gasteiger charge is -2.13. The highest BCUT2D eigenvalue weighted by atomic mass is 16.6. The van der Waals surface area contributed by atoms with Crippen LogP contribution in [-0.2, 0) is 9.59 Å². The summed E-state index contributed by atoms with van der Waals surface area (Å²) in [5.74, 6) is 1.00. The van der Waals surface area contributed by atoms with Crippen LogP contribution >= 0.6 is 0 Å². The lowest BCUT2D eigenvalue weighted by molar-refractivity contribution is -0.385. The Morgan fingerprint density at radius 3 is 2.52 bits per heavy atom. The Morgan fingerprint density at radius 1 is 1.31 bits per heavy atom. The third-order valence-corrected chi connectivity index (χ3v) is 5.54. The largest absolute Gasteiger partial charge is 0.493 e. The van der Waals surface area contributed by atoms with E-state index >= 15 is 0 Å². The van der Waals surface area contributed by atoms with Gasteiger partial charge in [-0.1, -0.05) is 18.1 Å². The predicted molar refractivity (Wildman–Crippen MR) is 101 cm³/mol. The lowest BCUT2D eigenvalue weighted by Crippen LogP contribution is -2.28. The zero-order valence-corrected chi connectivity index (χ0v) is 15.5. The third kappa shape index (κ3) is 2.93. The molecule has 1 saturated heterocycles. The van der Waals surface area contributed by atoms with Crippen molar-refractivity contribution in [1.29, 1.82) is 0 Å². The zero-order valence-electron chi connectivity index (χ0n) is 15.5. The maximum absolute atomic E-state index is 12.7. The first-order valence-electron chi connectivity index (χ1n) is 8.99. The summed E-state index contributed by atoms with van der Waals surface area (Å²) >= 11 is 0. The first kappa shape index (κ1) is 18.7. The molecule has 4 rings (SSSR count). The molecule has 4 atom stereocenters. The molecule has 9 heteroatoms. The van der Waals surface area contributed by atoms with E-state index in [0.717, 1.165) is 11.4 Å². The van der Waals surface area contributed by atoms with Gasteiger partial charge >= 0.3 is 5.69 Å². The van der Waals surface area contributed by atoms with Crippen LogP contribution in [0.5, 0.6) is 11.5 Å². The van der Waals surface area contributed by atoms with Crippen LogP contribution in [0.4, 0.5) is 5.69 Å². The highest BCUT2D eigenvalue weighted by Gasteiger charge is 2.59. The average Bonchev–Trinajstić information content (AvgIpc) is 3.39. The van der Waals surface area contributed by atoms with Crippen molar-refractivity contribution in [3.63, 3.8) is 0 Å². The van der Waals surface area contributed by atoms with Crippen LogP contribution in [0.1, 0.15) is 12.0 Å².